The minimum absolute atomic E-state index is 0.423. The van der Waals surface area contributed by atoms with Crippen LogP contribution in [0.5, 0.6) is 0 Å². The van der Waals surface area contributed by atoms with Crippen LogP contribution in [0.4, 0.5) is 0 Å². The Hall–Kier alpha value is 0.420. The molecule has 0 saturated carbocycles. The molecule has 0 aromatic heterocycles. The first kappa shape index (κ1) is 13.8. The van der Waals surface area contributed by atoms with Gasteiger partial charge >= 0.3 is 132 Å². The molecule has 17 heavy (non-hydrogen) atoms. The molecule has 0 N–H and O–H groups in total. The quantitative estimate of drug-likeness (QED) is 0.441. The number of allylic oxidation sites excluding steroid dienone is 4. The first-order chi connectivity index (χ1) is 8.09. The number of halogens is 2. The molecule has 0 aliphatic carbocycles. The monoisotopic (exact) mass is 474 g/mol. The van der Waals surface area contributed by atoms with Crippen molar-refractivity contribution in [2.75, 3.05) is 0 Å². The van der Waals surface area contributed by atoms with Crippen LogP contribution >= 0.6 is 23.2 Å². The molecule has 0 atom stereocenters. The third kappa shape index (κ3) is 3.25. The molecular formula is C10H6Cl2In2O3. The first-order valence-corrected chi connectivity index (χ1v) is 14.4. The average Bonchev–Trinajstić information content (AvgIpc) is 2.86. The predicted molar refractivity (Wildman–Crippen MR) is 69.4 cm³/mol. The van der Waals surface area contributed by atoms with Crippen LogP contribution in [0.1, 0.15) is 0 Å². The summed E-state index contributed by atoms with van der Waals surface area (Å²) in [7, 11) is 0. The van der Waals surface area contributed by atoms with Crippen LogP contribution in [-0.2, 0) is 14.3 Å². The Morgan fingerprint density at radius 2 is 1.35 bits per heavy atom. The van der Waals surface area contributed by atoms with Crippen molar-refractivity contribution in [1.29, 1.82) is 0 Å². The molecule has 0 unspecified atom stereocenters. The Bertz CT molecular complexity index is 472. The Kier molecular flexibility index (Phi) is 4.92. The zero-order chi connectivity index (χ0) is 12.4. The van der Waals surface area contributed by atoms with Crippen molar-refractivity contribution >= 4 is 81.0 Å². The summed E-state index contributed by atoms with van der Waals surface area (Å²) in [6, 6.07) is 0. The number of hydrogen-bond acceptors (Lipinski definition) is 3. The summed E-state index contributed by atoms with van der Waals surface area (Å²) in [6.45, 7) is 0. The van der Waals surface area contributed by atoms with E-state index >= 15 is 0 Å². The third-order valence-corrected chi connectivity index (χ3v) is 13.3. The molecule has 84 valence electrons. The summed E-state index contributed by atoms with van der Waals surface area (Å²) in [5, 5.41) is 0.846. The second kappa shape index (κ2) is 6.04. The van der Waals surface area contributed by atoms with Gasteiger partial charge < -0.3 is 0 Å². The van der Waals surface area contributed by atoms with Gasteiger partial charge in [0.25, 0.3) is 0 Å². The van der Waals surface area contributed by atoms with Crippen LogP contribution in [0.25, 0.3) is 0 Å². The second-order valence-corrected chi connectivity index (χ2v) is 13.4. The van der Waals surface area contributed by atoms with Crippen LogP contribution < -0.4 is 0 Å². The van der Waals surface area contributed by atoms with Crippen molar-refractivity contribution in [2.24, 2.45) is 0 Å². The molecule has 0 amide bonds. The van der Waals surface area contributed by atoms with E-state index in [9.17, 15) is 9.59 Å². The number of esters is 2. The van der Waals surface area contributed by atoms with E-state index in [1.54, 1.807) is 12.2 Å². The number of rotatable bonds is 2. The van der Waals surface area contributed by atoms with Crippen molar-refractivity contribution in [1.82, 2.24) is 0 Å². The SMILES string of the molecule is O=C(OC(=O)[C]1=C(Cl)C=[CH][InH]1)[C]1=C(Cl)C=[CH][InH]1. The summed E-state index contributed by atoms with van der Waals surface area (Å²) in [4.78, 5) is 23.4. The van der Waals surface area contributed by atoms with E-state index in [-0.39, 0.29) is 0 Å². The molecule has 2 heterocycles. The molecule has 7 heteroatoms. The molecule has 0 bridgehead atoms. The summed E-state index contributed by atoms with van der Waals surface area (Å²) in [5.41, 5.74) is 0. The number of ether oxygens (including phenoxy) is 1. The normalized spacial score (nSPS) is 17.3. The van der Waals surface area contributed by atoms with E-state index < -0.39 is 57.8 Å². The van der Waals surface area contributed by atoms with E-state index in [2.05, 4.69) is 0 Å². The van der Waals surface area contributed by atoms with Crippen molar-refractivity contribution in [3.8, 4) is 0 Å². The van der Waals surface area contributed by atoms with Gasteiger partial charge in [-0.25, -0.2) is 0 Å². The van der Waals surface area contributed by atoms with Crippen LogP contribution in [0.3, 0.4) is 0 Å². The molecule has 2 aliphatic heterocycles. The Balaban J connectivity index is 2.04. The van der Waals surface area contributed by atoms with Gasteiger partial charge in [0.15, 0.2) is 0 Å². The maximum absolute atomic E-state index is 11.7. The maximum atomic E-state index is 11.7. The molecule has 0 saturated heterocycles. The Labute approximate surface area is 130 Å². The third-order valence-electron chi connectivity index (χ3n) is 2.43. The molecule has 0 fully saturated rings. The topological polar surface area (TPSA) is 43.4 Å². The number of carbonyl (C=O) groups is 2. The van der Waals surface area contributed by atoms with Gasteiger partial charge in [0, 0.05) is 0 Å². The molecular weight excluding hydrogens is 469 g/mol. The van der Waals surface area contributed by atoms with E-state index in [4.69, 9.17) is 27.9 Å². The molecule has 0 spiro atoms. The van der Waals surface area contributed by atoms with Gasteiger partial charge in [-0.05, 0) is 0 Å². The molecule has 0 aromatic rings. The summed E-state index contributed by atoms with van der Waals surface area (Å²) in [5.74, 6) is -1.17. The standard InChI is InChI=1S/C10H4Cl2O3.2In.2H/c1-3-7(11)5-9(13)15-10(14)6-8(12)4-2;;;;/h1-4H;;;;. The van der Waals surface area contributed by atoms with Gasteiger partial charge in [0.05, 0.1) is 0 Å². The molecule has 0 aromatic carbocycles. The molecule has 2 rings (SSSR count). The molecule has 3 nitrogen and oxygen atoms in total. The zero-order valence-corrected chi connectivity index (χ0v) is 18.3. The van der Waals surface area contributed by atoms with Gasteiger partial charge in [-0.3, -0.25) is 0 Å². The fourth-order valence-corrected chi connectivity index (χ4v) is 10.3. The van der Waals surface area contributed by atoms with Gasteiger partial charge in [-0.1, -0.05) is 0 Å². The van der Waals surface area contributed by atoms with Crippen molar-refractivity contribution in [3.05, 3.63) is 36.5 Å². The number of carbonyl (C=O) groups excluding carboxylic acids is 2. The van der Waals surface area contributed by atoms with Crippen LogP contribution in [0, 0.1) is 0 Å². The van der Waals surface area contributed by atoms with Crippen molar-refractivity contribution in [3.63, 3.8) is 0 Å². The average molecular weight is 475 g/mol. The fourth-order valence-electron chi connectivity index (χ4n) is 1.53. The molecule has 2 aliphatic rings. The van der Waals surface area contributed by atoms with E-state index in [1.165, 1.54) is 0 Å². The Morgan fingerprint density at radius 3 is 1.65 bits per heavy atom. The molecule has 0 radical (unpaired) electrons. The minimum atomic E-state index is -1.45. The van der Waals surface area contributed by atoms with Crippen LogP contribution in [0.2, 0.25) is 0 Å². The van der Waals surface area contributed by atoms with Crippen LogP contribution in [-0.4, -0.2) is 57.8 Å². The van der Waals surface area contributed by atoms with E-state index in [0.29, 0.717) is 16.7 Å². The summed E-state index contributed by atoms with van der Waals surface area (Å²) >= 11 is 8.78. The van der Waals surface area contributed by atoms with Crippen LogP contribution in [0.15, 0.2) is 36.5 Å². The second-order valence-electron chi connectivity index (χ2n) is 3.54. The van der Waals surface area contributed by atoms with Gasteiger partial charge in [0.1, 0.15) is 0 Å². The van der Waals surface area contributed by atoms with Crippen molar-refractivity contribution in [2.45, 2.75) is 0 Å². The van der Waals surface area contributed by atoms with Gasteiger partial charge in [0.2, 0.25) is 0 Å². The fraction of sp³-hybridized carbons (Fsp3) is 0. The van der Waals surface area contributed by atoms with Crippen molar-refractivity contribution < 1.29 is 14.3 Å². The van der Waals surface area contributed by atoms with E-state index in [0.717, 1.165) is 0 Å². The van der Waals surface area contributed by atoms with E-state index in [1.807, 2.05) is 7.67 Å². The Morgan fingerprint density at radius 1 is 0.941 bits per heavy atom. The summed E-state index contributed by atoms with van der Waals surface area (Å²) in [6.07, 6.45) is 3.42. The number of hydrogen-bond donors (Lipinski definition) is 0. The predicted octanol–water partition coefficient (Wildman–Crippen LogP) is 0.885. The zero-order valence-electron chi connectivity index (χ0n) is 8.70. The van der Waals surface area contributed by atoms with Gasteiger partial charge in [-0.15, -0.1) is 0 Å². The first-order valence-electron chi connectivity index (χ1n) is 4.96. The summed E-state index contributed by atoms with van der Waals surface area (Å²) < 4.78 is 9.78. The van der Waals surface area contributed by atoms with Gasteiger partial charge in [-0.2, -0.15) is 0 Å².